The summed E-state index contributed by atoms with van der Waals surface area (Å²) >= 11 is 0. The predicted molar refractivity (Wildman–Crippen MR) is 88.4 cm³/mol. The monoisotopic (exact) mass is 291 g/mol. The molecule has 3 nitrogen and oxygen atoms in total. The Hall–Kier alpha value is -1.38. The van der Waals surface area contributed by atoms with Crippen LogP contribution < -0.4 is 14.8 Å². The molecule has 0 aromatic heterocycles. The third-order valence-electron chi connectivity index (χ3n) is 4.32. The van der Waals surface area contributed by atoms with Crippen molar-refractivity contribution in [3.8, 4) is 11.5 Å². The van der Waals surface area contributed by atoms with E-state index in [4.69, 9.17) is 9.47 Å². The van der Waals surface area contributed by atoms with Gasteiger partial charge >= 0.3 is 0 Å². The molecule has 1 aromatic rings. The van der Waals surface area contributed by atoms with Crippen molar-refractivity contribution in [2.24, 2.45) is 10.8 Å². The SMILES string of the molecule is COc1ccc(NC2CC(C)(C)CC(C)(C)C2)c(OC)c1. The number of benzene rings is 1. The fourth-order valence-corrected chi connectivity index (χ4v) is 4.09. The van der Waals surface area contributed by atoms with Crippen LogP contribution in [0.5, 0.6) is 11.5 Å². The first-order chi connectivity index (χ1) is 9.74. The average molecular weight is 291 g/mol. The number of rotatable bonds is 4. The molecular weight excluding hydrogens is 262 g/mol. The molecule has 0 unspecified atom stereocenters. The van der Waals surface area contributed by atoms with Crippen molar-refractivity contribution in [2.45, 2.75) is 53.0 Å². The normalized spacial score (nSPS) is 20.9. The van der Waals surface area contributed by atoms with Gasteiger partial charge < -0.3 is 14.8 Å². The zero-order valence-electron chi connectivity index (χ0n) is 14.2. The summed E-state index contributed by atoms with van der Waals surface area (Å²) in [6, 6.07) is 6.43. The second-order valence-corrected chi connectivity index (χ2v) is 7.82. The molecule has 0 bridgehead atoms. The van der Waals surface area contributed by atoms with Crippen LogP contribution in [-0.2, 0) is 0 Å². The molecule has 1 saturated carbocycles. The molecule has 2 rings (SSSR count). The first-order valence-electron chi connectivity index (χ1n) is 7.73. The highest BCUT2D eigenvalue weighted by atomic mass is 16.5. The Morgan fingerprint density at radius 1 is 1.00 bits per heavy atom. The zero-order valence-corrected chi connectivity index (χ0v) is 14.2. The minimum absolute atomic E-state index is 0.374. The number of hydrogen-bond acceptors (Lipinski definition) is 3. The fraction of sp³-hybridized carbons (Fsp3) is 0.667. The van der Waals surface area contributed by atoms with Crippen molar-refractivity contribution in [1.82, 2.24) is 0 Å². The fourth-order valence-electron chi connectivity index (χ4n) is 4.09. The molecule has 1 aromatic carbocycles. The molecule has 0 saturated heterocycles. The van der Waals surface area contributed by atoms with Gasteiger partial charge in [0.15, 0.2) is 0 Å². The summed E-state index contributed by atoms with van der Waals surface area (Å²) in [4.78, 5) is 0. The molecule has 0 aliphatic heterocycles. The first kappa shape index (κ1) is 16.0. The van der Waals surface area contributed by atoms with E-state index in [1.54, 1.807) is 14.2 Å². The minimum Gasteiger partial charge on any atom is -0.497 e. The second kappa shape index (κ2) is 5.78. The summed E-state index contributed by atoms with van der Waals surface area (Å²) in [5.74, 6) is 1.66. The number of anilines is 1. The van der Waals surface area contributed by atoms with Crippen molar-refractivity contribution in [1.29, 1.82) is 0 Å². The Morgan fingerprint density at radius 3 is 2.14 bits per heavy atom. The van der Waals surface area contributed by atoms with Gasteiger partial charge in [-0.3, -0.25) is 0 Å². The van der Waals surface area contributed by atoms with Gasteiger partial charge in [0.25, 0.3) is 0 Å². The Balaban J connectivity index is 2.17. The van der Waals surface area contributed by atoms with Gasteiger partial charge in [-0.15, -0.1) is 0 Å². The minimum atomic E-state index is 0.374. The largest absolute Gasteiger partial charge is 0.497 e. The van der Waals surface area contributed by atoms with Gasteiger partial charge in [-0.2, -0.15) is 0 Å². The van der Waals surface area contributed by atoms with Crippen molar-refractivity contribution in [3.63, 3.8) is 0 Å². The second-order valence-electron chi connectivity index (χ2n) is 7.82. The Bertz CT molecular complexity index is 478. The number of ether oxygens (including phenoxy) is 2. The standard InChI is InChI=1S/C18H29NO2/c1-17(2)10-13(11-18(3,4)12-17)19-15-8-7-14(20-5)9-16(15)21-6/h7-9,13,19H,10-12H2,1-6H3. The van der Waals surface area contributed by atoms with Crippen LogP contribution in [0, 0.1) is 10.8 Å². The summed E-state index contributed by atoms with van der Waals surface area (Å²) in [7, 11) is 3.38. The van der Waals surface area contributed by atoms with Crippen LogP contribution in [0.15, 0.2) is 18.2 Å². The smallest absolute Gasteiger partial charge is 0.145 e. The van der Waals surface area contributed by atoms with Gasteiger partial charge in [0.1, 0.15) is 11.5 Å². The quantitative estimate of drug-likeness (QED) is 0.870. The highest BCUT2D eigenvalue weighted by Crippen LogP contribution is 2.46. The summed E-state index contributed by atoms with van der Waals surface area (Å²) in [6.07, 6.45) is 3.65. The first-order valence-corrected chi connectivity index (χ1v) is 7.73. The van der Waals surface area contributed by atoms with Gasteiger partial charge in [0, 0.05) is 12.1 Å². The Kier molecular flexibility index (Phi) is 4.40. The van der Waals surface area contributed by atoms with Gasteiger partial charge in [0.05, 0.1) is 19.9 Å². The van der Waals surface area contributed by atoms with E-state index in [-0.39, 0.29) is 0 Å². The highest BCUT2D eigenvalue weighted by molar-refractivity contribution is 5.59. The van der Waals surface area contributed by atoms with Crippen LogP contribution in [0.4, 0.5) is 5.69 Å². The van der Waals surface area contributed by atoms with E-state index in [0.29, 0.717) is 16.9 Å². The third-order valence-corrected chi connectivity index (χ3v) is 4.32. The molecule has 0 amide bonds. The maximum absolute atomic E-state index is 5.49. The molecule has 1 aliphatic rings. The Morgan fingerprint density at radius 2 is 1.62 bits per heavy atom. The van der Waals surface area contributed by atoms with E-state index in [2.05, 4.69) is 33.0 Å². The van der Waals surface area contributed by atoms with E-state index in [9.17, 15) is 0 Å². The predicted octanol–water partition coefficient (Wildman–Crippen LogP) is 4.72. The molecule has 1 fully saturated rings. The van der Waals surface area contributed by atoms with Crippen LogP contribution in [0.25, 0.3) is 0 Å². The molecule has 0 atom stereocenters. The van der Waals surface area contributed by atoms with E-state index < -0.39 is 0 Å². The van der Waals surface area contributed by atoms with E-state index in [1.807, 2.05) is 18.2 Å². The van der Waals surface area contributed by atoms with Gasteiger partial charge in [0.2, 0.25) is 0 Å². The third kappa shape index (κ3) is 4.05. The molecule has 21 heavy (non-hydrogen) atoms. The van der Waals surface area contributed by atoms with E-state index >= 15 is 0 Å². The van der Waals surface area contributed by atoms with E-state index in [1.165, 1.54) is 19.3 Å². The van der Waals surface area contributed by atoms with Crippen molar-refractivity contribution >= 4 is 5.69 Å². The molecule has 0 radical (unpaired) electrons. The number of methoxy groups -OCH3 is 2. The maximum Gasteiger partial charge on any atom is 0.145 e. The molecule has 1 N–H and O–H groups in total. The maximum atomic E-state index is 5.49. The van der Waals surface area contributed by atoms with Crippen LogP contribution in [-0.4, -0.2) is 20.3 Å². The lowest BCUT2D eigenvalue weighted by molar-refractivity contribution is 0.105. The van der Waals surface area contributed by atoms with Crippen molar-refractivity contribution in [2.75, 3.05) is 19.5 Å². The van der Waals surface area contributed by atoms with Crippen LogP contribution in [0.3, 0.4) is 0 Å². The van der Waals surface area contributed by atoms with E-state index in [0.717, 1.165) is 17.2 Å². The molecule has 1 aliphatic carbocycles. The topological polar surface area (TPSA) is 30.5 Å². The van der Waals surface area contributed by atoms with Gasteiger partial charge in [-0.1, -0.05) is 27.7 Å². The molecule has 0 spiro atoms. The summed E-state index contributed by atoms with van der Waals surface area (Å²) in [5.41, 5.74) is 1.80. The lowest BCUT2D eigenvalue weighted by Crippen LogP contribution is -2.40. The molecule has 118 valence electrons. The van der Waals surface area contributed by atoms with Crippen molar-refractivity contribution < 1.29 is 9.47 Å². The summed E-state index contributed by atoms with van der Waals surface area (Å²) < 4.78 is 10.8. The lowest BCUT2D eigenvalue weighted by atomic mass is 9.63. The average Bonchev–Trinajstić information content (AvgIpc) is 2.35. The molecule has 0 heterocycles. The Labute approximate surface area is 129 Å². The van der Waals surface area contributed by atoms with Gasteiger partial charge in [-0.25, -0.2) is 0 Å². The van der Waals surface area contributed by atoms with Gasteiger partial charge in [-0.05, 0) is 42.2 Å². The summed E-state index contributed by atoms with van der Waals surface area (Å²) in [6.45, 7) is 9.48. The number of nitrogens with one attached hydrogen (secondary N) is 1. The van der Waals surface area contributed by atoms with Crippen molar-refractivity contribution in [3.05, 3.63) is 18.2 Å². The van der Waals surface area contributed by atoms with Crippen LogP contribution in [0.1, 0.15) is 47.0 Å². The lowest BCUT2D eigenvalue weighted by Gasteiger charge is -2.45. The molecule has 3 heteroatoms. The molecular formula is C18H29NO2. The highest BCUT2D eigenvalue weighted by Gasteiger charge is 2.38. The van der Waals surface area contributed by atoms with Crippen LogP contribution >= 0.6 is 0 Å². The van der Waals surface area contributed by atoms with Crippen LogP contribution in [0.2, 0.25) is 0 Å². The zero-order chi connectivity index (χ0) is 15.7. The number of hydrogen-bond donors (Lipinski definition) is 1. The summed E-state index contributed by atoms with van der Waals surface area (Å²) in [5, 5.41) is 3.68.